The van der Waals surface area contributed by atoms with Gasteiger partial charge >= 0.3 is 0 Å². The van der Waals surface area contributed by atoms with E-state index in [1.807, 2.05) is 50.5 Å². The van der Waals surface area contributed by atoms with Crippen LogP contribution in [-0.4, -0.2) is 27.6 Å². The SMILES string of the molecule is CN(Cc1ccnn1C)C(=O)c1ccccc1Cc1cccs1. The van der Waals surface area contributed by atoms with Crippen LogP contribution in [-0.2, 0) is 20.0 Å². The number of carbonyl (C=O) groups excluding carboxylic acids is 1. The predicted molar refractivity (Wildman–Crippen MR) is 92.6 cm³/mol. The molecule has 2 aromatic heterocycles. The van der Waals surface area contributed by atoms with Crippen LogP contribution < -0.4 is 0 Å². The molecule has 3 rings (SSSR count). The predicted octanol–water partition coefficient (Wildman–Crippen LogP) is 3.34. The second-order valence-electron chi connectivity index (χ2n) is 5.52. The van der Waals surface area contributed by atoms with Crippen molar-refractivity contribution in [2.75, 3.05) is 7.05 Å². The van der Waals surface area contributed by atoms with Gasteiger partial charge in [-0.1, -0.05) is 24.3 Å². The third-order valence-electron chi connectivity index (χ3n) is 3.86. The summed E-state index contributed by atoms with van der Waals surface area (Å²) in [6.45, 7) is 0.544. The number of thiophene rings is 1. The molecule has 0 atom stereocenters. The molecule has 5 heteroatoms. The van der Waals surface area contributed by atoms with Gasteiger partial charge in [-0.15, -0.1) is 11.3 Å². The van der Waals surface area contributed by atoms with Crippen molar-refractivity contribution < 1.29 is 4.79 Å². The molecule has 3 aromatic rings. The zero-order valence-corrected chi connectivity index (χ0v) is 14.1. The monoisotopic (exact) mass is 325 g/mol. The molecular weight excluding hydrogens is 306 g/mol. The number of hydrogen-bond acceptors (Lipinski definition) is 3. The van der Waals surface area contributed by atoms with Gasteiger partial charge in [-0.05, 0) is 29.1 Å². The first-order chi connectivity index (χ1) is 11.1. The Morgan fingerprint density at radius 1 is 1.22 bits per heavy atom. The average molecular weight is 325 g/mol. The van der Waals surface area contributed by atoms with Crippen LogP contribution in [0.4, 0.5) is 0 Å². The Morgan fingerprint density at radius 3 is 2.74 bits per heavy atom. The van der Waals surface area contributed by atoms with Gasteiger partial charge in [-0.25, -0.2) is 0 Å². The number of aromatic nitrogens is 2. The quantitative estimate of drug-likeness (QED) is 0.721. The number of aryl methyl sites for hydroxylation is 1. The third kappa shape index (κ3) is 3.51. The van der Waals surface area contributed by atoms with E-state index in [4.69, 9.17) is 0 Å². The summed E-state index contributed by atoms with van der Waals surface area (Å²) in [4.78, 5) is 15.8. The van der Waals surface area contributed by atoms with Gasteiger partial charge in [0.15, 0.2) is 0 Å². The first-order valence-electron chi connectivity index (χ1n) is 7.48. The minimum Gasteiger partial charge on any atom is -0.336 e. The largest absolute Gasteiger partial charge is 0.336 e. The molecule has 0 aliphatic rings. The van der Waals surface area contributed by atoms with Crippen LogP contribution in [0.3, 0.4) is 0 Å². The Morgan fingerprint density at radius 2 is 2.04 bits per heavy atom. The summed E-state index contributed by atoms with van der Waals surface area (Å²) in [5, 5.41) is 6.21. The first-order valence-corrected chi connectivity index (χ1v) is 8.36. The van der Waals surface area contributed by atoms with Crippen molar-refractivity contribution >= 4 is 17.2 Å². The maximum Gasteiger partial charge on any atom is 0.254 e. The summed E-state index contributed by atoms with van der Waals surface area (Å²) in [6.07, 6.45) is 2.54. The maximum atomic E-state index is 12.8. The molecule has 0 N–H and O–H groups in total. The van der Waals surface area contributed by atoms with Crippen LogP contribution in [0.5, 0.6) is 0 Å². The van der Waals surface area contributed by atoms with Gasteiger partial charge in [0.2, 0.25) is 0 Å². The molecule has 4 nitrogen and oxygen atoms in total. The van der Waals surface area contributed by atoms with Gasteiger partial charge in [0.25, 0.3) is 5.91 Å². The number of rotatable bonds is 5. The zero-order chi connectivity index (χ0) is 16.2. The van der Waals surface area contributed by atoms with Crippen molar-refractivity contribution in [2.45, 2.75) is 13.0 Å². The van der Waals surface area contributed by atoms with Crippen LogP contribution in [0.2, 0.25) is 0 Å². The van der Waals surface area contributed by atoms with Crippen LogP contribution in [0, 0.1) is 0 Å². The lowest BCUT2D eigenvalue weighted by Crippen LogP contribution is -2.28. The smallest absolute Gasteiger partial charge is 0.254 e. The number of nitrogens with zero attached hydrogens (tertiary/aromatic N) is 3. The summed E-state index contributed by atoms with van der Waals surface area (Å²) < 4.78 is 1.79. The second-order valence-corrected chi connectivity index (χ2v) is 6.55. The molecule has 23 heavy (non-hydrogen) atoms. The normalized spacial score (nSPS) is 10.7. The third-order valence-corrected chi connectivity index (χ3v) is 4.74. The fourth-order valence-corrected chi connectivity index (χ4v) is 3.29. The summed E-state index contributed by atoms with van der Waals surface area (Å²) in [5.74, 6) is 0.0401. The molecule has 0 radical (unpaired) electrons. The molecule has 0 fully saturated rings. The van der Waals surface area contributed by atoms with Gasteiger partial charge < -0.3 is 4.90 Å². The number of amides is 1. The molecule has 0 bridgehead atoms. The highest BCUT2D eigenvalue weighted by Gasteiger charge is 2.17. The van der Waals surface area contributed by atoms with Gasteiger partial charge in [0.1, 0.15) is 0 Å². The fraction of sp³-hybridized carbons (Fsp3) is 0.222. The topological polar surface area (TPSA) is 38.1 Å². The lowest BCUT2D eigenvalue weighted by molar-refractivity contribution is 0.0781. The van der Waals surface area contributed by atoms with E-state index >= 15 is 0 Å². The maximum absolute atomic E-state index is 12.8. The highest BCUT2D eigenvalue weighted by molar-refractivity contribution is 7.09. The van der Waals surface area contributed by atoms with E-state index in [1.165, 1.54) is 4.88 Å². The van der Waals surface area contributed by atoms with Gasteiger partial charge in [-0.3, -0.25) is 9.48 Å². The number of hydrogen-bond donors (Lipinski definition) is 0. The van der Waals surface area contributed by atoms with E-state index < -0.39 is 0 Å². The molecule has 0 spiro atoms. The van der Waals surface area contributed by atoms with Crippen molar-refractivity contribution in [3.8, 4) is 0 Å². The molecule has 0 saturated carbocycles. The van der Waals surface area contributed by atoms with Crippen molar-refractivity contribution in [1.29, 1.82) is 0 Å². The van der Waals surface area contributed by atoms with E-state index in [-0.39, 0.29) is 5.91 Å². The lowest BCUT2D eigenvalue weighted by Gasteiger charge is -2.19. The van der Waals surface area contributed by atoms with Gasteiger partial charge in [-0.2, -0.15) is 5.10 Å². The standard InChI is InChI=1S/C18H19N3OS/c1-20(13-15-9-10-19-21(15)2)18(22)17-8-4-3-6-14(17)12-16-7-5-11-23-16/h3-11H,12-13H2,1-2H3. The summed E-state index contributed by atoms with van der Waals surface area (Å²) in [5.41, 5.74) is 2.85. The molecule has 0 aliphatic carbocycles. The summed E-state index contributed by atoms with van der Waals surface area (Å²) in [7, 11) is 3.72. The number of carbonyl (C=O) groups is 1. The minimum absolute atomic E-state index is 0.0401. The van der Waals surface area contributed by atoms with Crippen molar-refractivity contribution in [3.05, 3.63) is 75.7 Å². The average Bonchev–Trinajstić information content (AvgIpc) is 3.20. The van der Waals surface area contributed by atoms with E-state index in [2.05, 4.69) is 16.5 Å². The molecule has 2 heterocycles. The Balaban J connectivity index is 1.80. The Kier molecular flexibility index (Phi) is 4.57. The van der Waals surface area contributed by atoms with Crippen molar-refractivity contribution in [1.82, 2.24) is 14.7 Å². The minimum atomic E-state index is 0.0401. The molecule has 0 aliphatic heterocycles. The fourth-order valence-electron chi connectivity index (χ4n) is 2.56. The van der Waals surface area contributed by atoms with Gasteiger partial charge in [0, 0.05) is 37.2 Å². The Bertz CT molecular complexity index is 792. The highest BCUT2D eigenvalue weighted by Crippen LogP contribution is 2.19. The van der Waals surface area contributed by atoms with Crippen LogP contribution in [0.1, 0.15) is 26.5 Å². The second kappa shape index (κ2) is 6.79. The van der Waals surface area contributed by atoms with Crippen LogP contribution in [0.25, 0.3) is 0 Å². The van der Waals surface area contributed by atoms with E-state index in [0.29, 0.717) is 6.54 Å². The van der Waals surface area contributed by atoms with Crippen molar-refractivity contribution in [2.24, 2.45) is 7.05 Å². The summed E-state index contributed by atoms with van der Waals surface area (Å²) in [6, 6.07) is 13.9. The van der Waals surface area contributed by atoms with E-state index in [1.54, 1.807) is 27.1 Å². The number of benzene rings is 1. The molecule has 0 unspecified atom stereocenters. The molecule has 1 amide bonds. The zero-order valence-electron chi connectivity index (χ0n) is 13.3. The first kappa shape index (κ1) is 15.5. The van der Waals surface area contributed by atoms with E-state index in [9.17, 15) is 4.79 Å². The highest BCUT2D eigenvalue weighted by atomic mass is 32.1. The molecular formula is C18H19N3OS. The van der Waals surface area contributed by atoms with Crippen LogP contribution >= 0.6 is 11.3 Å². The van der Waals surface area contributed by atoms with Gasteiger partial charge in [0.05, 0.1) is 12.2 Å². The molecule has 1 aromatic carbocycles. The molecule has 118 valence electrons. The van der Waals surface area contributed by atoms with E-state index in [0.717, 1.165) is 23.2 Å². The Labute approximate surface area is 140 Å². The molecule has 0 saturated heterocycles. The van der Waals surface area contributed by atoms with Crippen LogP contribution in [0.15, 0.2) is 54.0 Å². The lowest BCUT2D eigenvalue weighted by atomic mass is 10.0. The summed E-state index contributed by atoms with van der Waals surface area (Å²) >= 11 is 1.72. The Hall–Kier alpha value is -2.40. The van der Waals surface area contributed by atoms with Crippen molar-refractivity contribution in [3.63, 3.8) is 0 Å².